The molecule has 0 saturated carbocycles. The first-order valence-corrected chi connectivity index (χ1v) is 6.42. The average Bonchev–Trinajstić information content (AvgIpc) is 2.72. The molecule has 0 atom stereocenters. The van der Waals surface area contributed by atoms with Gasteiger partial charge in [0.2, 0.25) is 0 Å². The zero-order valence-corrected chi connectivity index (χ0v) is 10.7. The van der Waals surface area contributed by atoms with Crippen LogP contribution in [0.4, 0.5) is 4.79 Å². The van der Waals surface area contributed by atoms with Gasteiger partial charge in [-0.1, -0.05) is 6.08 Å². The van der Waals surface area contributed by atoms with Gasteiger partial charge >= 0.3 is 6.03 Å². The quantitative estimate of drug-likeness (QED) is 0.551. The fourth-order valence-electron chi connectivity index (χ4n) is 1.11. The van der Waals surface area contributed by atoms with E-state index < -0.39 is 0 Å². The van der Waals surface area contributed by atoms with Crippen LogP contribution in [0.3, 0.4) is 0 Å². The Morgan fingerprint density at radius 2 is 2.47 bits per heavy atom. The molecule has 1 aromatic heterocycles. The largest absolute Gasteiger partial charge is 0.337 e. The fraction of sp³-hybridized carbons (Fsp3) is 0.500. The molecular weight excluding hydrogens is 238 g/mol. The highest BCUT2D eigenvalue weighted by atomic mass is 32.2. The molecule has 0 bridgehead atoms. The Kier molecular flexibility index (Phi) is 6.16. The number of carbonyl (C=O) groups is 1. The van der Waals surface area contributed by atoms with Gasteiger partial charge in [-0.15, -0.1) is 6.58 Å². The van der Waals surface area contributed by atoms with Crippen molar-refractivity contribution in [3.05, 3.63) is 24.8 Å². The van der Waals surface area contributed by atoms with Gasteiger partial charge in [0.1, 0.15) is 12.2 Å². The first-order chi connectivity index (χ1) is 8.24. The summed E-state index contributed by atoms with van der Waals surface area (Å²) in [5.41, 5.74) is 0. The molecule has 0 radical (unpaired) electrons. The number of thioether (sulfide) groups is 1. The summed E-state index contributed by atoms with van der Waals surface area (Å²) < 4.78 is 1.63. The topological polar surface area (TPSA) is 71.8 Å². The van der Waals surface area contributed by atoms with E-state index in [9.17, 15) is 4.79 Å². The number of carbonyl (C=O) groups excluding carboxylic acids is 1. The second-order valence-electron chi connectivity index (χ2n) is 3.27. The van der Waals surface area contributed by atoms with Gasteiger partial charge in [-0.25, -0.2) is 9.78 Å². The number of urea groups is 1. The Balaban J connectivity index is 2.09. The van der Waals surface area contributed by atoms with Crippen LogP contribution < -0.4 is 10.6 Å². The Labute approximate surface area is 105 Å². The van der Waals surface area contributed by atoms with E-state index in [-0.39, 0.29) is 6.03 Å². The van der Waals surface area contributed by atoms with Crippen LogP contribution in [0.2, 0.25) is 0 Å². The molecule has 6 nitrogen and oxygen atoms in total. The second-order valence-corrected chi connectivity index (χ2v) is 4.42. The third kappa shape index (κ3) is 5.39. The van der Waals surface area contributed by atoms with Gasteiger partial charge in [0.15, 0.2) is 0 Å². The molecule has 2 N–H and O–H groups in total. The third-order valence-electron chi connectivity index (χ3n) is 1.98. The minimum absolute atomic E-state index is 0.188. The summed E-state index contributed by atoms with van der Waals surface area (Å²) in [4.78, 5) is 15.4. The maximum Gasteiger partial charge on any atom is 0.315 e. The molecule has 1 rings (SSSR count). The predicted octanol–water partition coefficient (Wildman–Crippen LogP) is 0.533. The van der Waals surface area contributed by atoms with Gasteiger partial charge in [-0.05, 0) is 0 Å². The van der Waals surface area contributed by atoms with Crippen LogP contribution in [0.1, 0.15) is 5.82 Å². The highest BCUT2D eigenvalue weighted by Gasteiger charge is 2.03. The molecule has 0 saturated heterocycles. The number of rotatable bonds is 7. The van der Waals surface area contributed by atoms with E-state index >= 15 is 0 Å². The average molecular weight is 255 g/mol. The molecule has 0 aliphatic heterocycles. The summed E-state index contributed by atoms with van der Waals surface area (Å²) in [6.45, 7) is 4.64. The van der Waals surface area contributed by atoms with Gasteiger partial charge in [0, 0.05) is 25.1 Å². The lowest BCUT2D eigenvalue weighted by Gasteiger charge is -2.06. The van der Waals surface area contributed by atoms with Gasteiger partial charge in [-0.3, -0.25) is 4.68 Å². The number of hydrogen-bond donors (Lipinski definition) is 2. The molecule has 94 valence electrons. The van der Waals surface area contributed by atoms with Crippen molar-refractivity contribution in [2.45, 2.75) is 6.54 Å². The zero-order chi connectivity index (χ0) is 12.5. The Bertz CT molecular complexity index is 365. The van der Waals surface area contributed by atoms with Crippen molar-refractivity contribution >= 4 is 17.8 Å². The van der Waals surface area contributed by atoms with E-state index in [1.807, 2.05) is 6.08 Å². The lowest BCUT2D eigenvalue weighted by molar-refractivity contribution is 0.240. The smallest absolute Gasteiger partial charge is 0.315 e. The van der Waals surface area contributed by atoms with Crippen molar-refractivity contribution in [2.24, 2.45) is 7.05 Å². The summed E-state index contributed by atoms with van der Waals surface area (Å²) in [5, 5.41) is 9.39. The molecule has 0 aromatic carbocycles. The molecule has 0 aliphatic carbocycles. The third-order valence-corrected chi connectivity index (χ3v) is 2.94. The summed E-state index contributed by atoms with van der Waals surface area (Å²) >= 11 is 1.73. The van der Waals surface area contributed by atoms with Gasteiger partial charge < -0.3 is 10.6 Å². The second kappa shape index (κ2) is 7.72. The van der Waals surface area contributed by atoms with Crippen molar-refractivity contribution in [3.63, 3.8) is 0 Å². The number of hydrogen-bond acceptors (Lipinski definition) is 4. The van der Waals surface area contributed by atoms with E-state index in [1.54, 1.807) is 23.5 Å². The molecule has 2 amide bonds. The van der Waals surface area contributed by atoms with Gasteiger partial charge in [-0.2, -0.15) is 16.9 Å². The van der Waals surface area contributed by atoms with Crippen LogP contribution in [0.5, 0.6) is 0 Å². The summed E-state index contributed by atoms with van der Waals surface area (Å²) in [7, 11) is 1.79. The summed E-state index contributed by atoms with van der Waals surface area (Å²) in [6, 6.07) is -0.188. The first kappa shape index (κ1) is 13.6. The first-order valence-electron chi connectivity index (χ1n) is 5.27. The number of amides is 2. The molecule has 7 heteroatoms. The maximum absolute atomic E-state index is 11.4. The molecule has 0 aliphatic rings. The van der Waals surface area contributed by atoms with Crippen molar-refractivity contribution in [1.82, 2.24) is 25.4 Å². The minimum Gasteiger partial charge on any atom is -0.337 e. The van der Waals surface area contributed by atoms with E-state index in [1.165, 1.54) is 6.33 Å². The number of nitrogens with one attached hydrogen (secondary N) is 2. The van der Waals surface area contributed by atoms with E-state index in [0.29, 0.717) is 13.1 Å². The molecule has 17 heavy (non-hydrogen) atoms. The highest BCUT2D eigenvalue weighted by Crippen LogP contribution is 1.96. The molecule has 0 fully saturated rings. The molecule has 0 unspecified atom stereocenters. The van der Waals surface area contributed by atoms with E-state index in [4.69, 9.17) is 0 Å². The Hall–Kier alpha value is -1.50. The predicted molar refractivity (Wildman–Crippen MR) is 68.8 cm³/mol. The van der Waals surface area contributed by atoms with Crippen LogP contribution in [-0.4, -0.2) is 38.8 Å². The van der Waals surface area contributed by atoms with Crippen molar-refractivity contribution in [2.75, 3.05) is 18.1 Å². The molecule has 1 heterocycles. The van der Waals surface area contributed by atoms with Crippen molar-refractivity contribution in [1.29, 1.82) is 0 Å². The summed E-state index contributed by atoms with van der Waals surface area (Å²) in [5.74, 6) is 2.51. The Morgan fingerprint density at radius 1 is 1.65 bits per heavy atom. The summed E-state index contributed by atoms with van der Waals surface area (Å²) in [6.07, 6.45) is 3.31. The van der Waals surface area contributed by atoms with Crippen LogP contribution >= 0.6 is 11.8 Å². The molecular formula is C10H17N5OS. The lowest BCUT2D eigenvalue weighted by Crippen LogP contribution is -2.36. The normalized spacial score (nSPS) is 9.94. The minimum atomic E-state index is -0.188. The molecule has 1 aromatic rings. The molecule has 0 spiro atoms. The van der Waals surface area contributed by atoms with Gasteiger partial charge in [0.05, 0.1) is 6.54 Å². The zero-order valence-electron chi connectivity index (χ0n) is 9.85. The van der Waals surface area contributed by atoms with Crippen molar-refractivity contribution < 1.29 is 4.79 Å². The van der Waals surface area contributed by atoms with Crippen LogP contribution in [0.15, 0.2) is 19.0 Å². The number of aromatic nitrogens is 3. The lowest BCUT2D eigenvalue weighted by atomic mass is 10.6. The standard InChI is InChI=1S/C10H17N5OS/c1-3-5-17-6-4-11-10(16)12-7-9-13-8-14-15(9)2/h3,8H,1,4-7H2,2H3,(H2,11,12,16). The van der Waals surface area contributed by atoms with Crippen molar-refractivity contribution in [3.8, 4) is 0 Å². The van der Waals surface area contributed by atoms with E-state index in [2.05, 4.69) is 27.3 Å². The SMILES string of the molecule is C=CCSCCNC(=O)NCc1ncnn1C. The number of aryl methyl sites for hydroxylation is 1. The number of nitrogens with zero attached hydrogens (tertiary/aromatic N) is 3. The monoisotopic (exact) mass is 255 g/mol. The van der Waals surface area contributed by atoms with E-state index in [0.717, 1.165) is 17.3 Å². The van der Waals surface area contributed by atoms with Gasteiger partial charge in [0.25, 0.3) is 0 Å². The van der Waals surface area contributed by atoms with Crippen LogP contribution in [0, 0.1) is 0 Å². The van der Waals surface area contributed by atoms with Crippen LogP contribution in [0.25, 0.3) is 0 Å². The highest BCUT2D eigenvalue weighted by molar-refractivity contribution is 7.99. The fourth-order valence-corrected chi connectivity index (χ4v) is 1.69. The Morgan fingerprint density at radius 3 is 3.12 bits per heavy atom. The van der Waals surface area contributed by atoms with Crippen LogP contribution in [-0.2, 0) is 13.6 Å². The maximum atomic E-state index is 11.4.